The molecular weight excluding hydrogens is 266 g/mol. The molecule has 0 aliphatic carbocycles. The summed E-state index contributed by atoms with van der Waals surface area (Å²) < 4.78 is 5.72. The second-order valence-electron chi connectivity index (χ2n) is 5.53. The number of ketones is 1. The lowest BCUT2D eigenvalue weighted by Gasteiger charge is -2.26. The van der Waals surface area contributed by atoms with Crippen LogP contribution in [0.5, 0.6) is 11.5 Å². The van der Waals surface area contributed by atoms with Crippen molar-refractivity contribution >= 4 is 5.78 Å². The maximum atomic E-state index is 11.9. The van der Waals surface area contributed by atoms with Crippen LogP contribution in [-0.2, 0) is 0 Å². The number of piperidine rings is 1. The van der Waals surface area contributed by atoms with Crippen LogP contribution in [0.1, 0.15) is 49.4 Å². The fourth-order valence-corrected chi connectivity index (χ4v) is 2.75. The lowest BCUT2D eigenvalue weighted by molar-refractivity contribution is 0.0981. The second kappa shape index (κ2) is 8.03. The van der Waals surface area contributed by atoms with Gasteiger partial charge in [0.2, 0.25) is 0 Å². The average molecular weight is 291 g/mol. The number of rotatable bonds is 7. The van der Waals surface area contributed by atoms with Crippen LogP contribution in [0.2, 0.25) is 0 Å². The second-order valence-corrected chi connectivity index (χ2v) is 5.53. The van der Waals surface area contributed by atoms with E-state index in [0.29, 0.717) is 24.3 Å². The number of carbonyl (C=O) groups is 1. The Hall–Kier alpha value is -1.55. The van der Waals surface area contributed by atoms with E-state index in [2.05, 4.69) is 4.90 Å². The summed E-state index contributed by atoms with van der Waals surface area (Å²) >= 11 is 0. The average Bonchev–Trinajstić information content (AvgIpc) is 2.52. The molecule has 1 N–H and O–H groups in total. The zero-order valence-corrected chi connectivity index (χ0v) is 12.8. The van der Waals surface area contributed by atoms with Gasteiger partial charge in [-0.2, -0.15) is 0 Å². The van der Waals surface area contributed by atoms with Crippen molar-refractivity contribution in [1.82, 2.24) is 4.90 Å². The number of hydrogen-bond donors (Lipinski definition) is 1. The van der Waals surface area contributed by atoms with Crippen LogP contribution in [0.4, 0.5) is 0 Å². The van der Waals surface area contributed by atoms with E-state index in [1.807, 2.05) is 0 Å². The Labute approximate surface area is 126 Å². The number of phenols is 1. The zero-order valence-electron chi connectivity index (χ0n) is 12.8. The van der Waals surface area contributed by atoms with Gasteiger partial charge in [-0.1, -0.05) is 19.4 Å². The highest BCUT2D eigenvalue weighted by molar-refractivity contribution is 6.00. The van der Waals surface area contributed by atoms with Gasteiger partial charge in [0.1, 0.15) is 17.1 Å². The maximum Gasteiger partial charge on any atom is 0.170 e. The molecule has 1 saturated heterocycles. The van der Waals surface area contributed by atoms with Crippen LogP contribution in [0.15, 0.2) is 18.2 Å². The number of hydrogen-bond acceptors (Lipinski definition) is 4. The van der Waals surface area contributed by atoms with Crippen LogP contribution in [0.3, 0.4) is 0 Å². The van der Waals surface area contributed by atoms with Gasteiger partial charge in [0, 0.05) is 13.0 Å². The van der Waals surface area contributed by atoms with Crippen molar-refractivity contribution in [2.24, 2.45) is 0 Å². The lowest BCUT2D eigenvalue weighted by Crippen LogP contribution is -2.31. The summed E-state index contributed by atoms with van der Waals surface area (Å²) in [5.41, 5.74) is 0.318. The fourth-order valence-electron chi connectivity index (χ4n) is 2.75. The van der Waals surface area contributed by atoms with E-state index >= 15 is 0 Å². The molecule has 0 amide bonds. The molecule has 1 aromatic rings. The molecule has 1 aliphatic heterocycles. The molecule has 0 unspecified atom stereocenters. The van der Waals surface area contributed by atoms with E-state index < -0.39 is 0 Å². The molecule has 2 rings (SSSR count). The van der Waals surface area contributed by atoms with Crippen LogP contribution in [0.25, 0.3) is 0 Å². The highest BCUT2D eigenvalue weighted by Gasteiger charge is 2.16. The summed E-state index contributed by atoms with van der Waals surface area (Å²) in [7, 11) is 0. The summed E-state index contributed by atoms with van der Waals surface area (Å²) in [4.78, 5) is 14.4. The molecule has 0 radical (unpaired) electrons. The molecule has 21 heavy (non-hydrogen) atoms. The topological polar surface area (TPSA) is 49.8 Å². The molecule has 0 saturated carbocycles. The van der Waals surface area contributed by atoms with Gasteiger partial charge in [-0.25, -0.2) is 0 Å². The first kappa shape index (κ1) is 15.8. The molecule has 1 aromatic carbocycles. The fraction of sp³-hybridized carbons (Fsp3) is 0.588. The molecule has 0 bridgehead atoms. The molecule has 116 valence electrons. The molecule has 4 heteroatoms. The van der Waals surface area contributed by atoms with Gasteiger partial charge in [-0.05, 0) is 44.5 Å². The summed E-state index contributed by atoms with van der Waals surface area (Å²) in [5.74, 6) is 0.426. The Morgan fingerprint density at radius 2 is 2.05 bits per heavy atom. The zero-order chi connectivity index (χ0) is 15.1. The van der Waals surface area contributed by atoms with E-state index in [1.165, 1.54) is 38.4 Å². The quantitative estimate of drug-likeness (QED) is 0.619. The van der Waals surface area contributed by atoms with Crippen molar-refractivity contribution in [3.05, 3.63) is 23.8 Å². The monoisotopic (exact) mass is 291 g/mol. The minimum absolute atomic E-state index is 0.00961. The van der Waals surface area contributed by atoms with E-state index in [-0.39, 0.29) is 11.5 Å². The number of aromatic hydroxyl groups is 1. The summed E-state index contributed by atoms with van der Waals surface area (Å²) in [6.45, 7) is 5.77. The molecule has 1 heterocycles. The predicted molar refractivity (Wildman–Crippen MR) is 83.1 cm³/mol. The van der Waals surface area contributed by atoms with E-state index in [9.17, 15) is 9.90 Å². The van der Waals surface area contributed by atoms with E-state index in [4.69, 9.17) is 4.74 Å². The first-order valence-electron chi connectivity index (χ1n) is 7.92. The molecule has 1 aliphatic rings. The largest absolute Gasteiger partial charge is 0.507 e. The number of nitrogens with zero attached hydrogens (tertiary/aromatic N) is 1. The number of ether oxygens (including phenoxy) is 1. The van der Waals surface area contributed by atoms with E-state index in [0.717, 1.165) is 13.0 Å². The SMILES string of the molecule is CCC(=O)c1c(O)cccc1OCCCN1CCCCC1. The van der Waals surface area contributed by atoms with Gasteiger partial charge in [0.25, 0.3) is 0 Å². The molecule has 1 fully saturated rings. The standard InChI is InChI=1S/C17H25NO3/c1-2-14(19)17-15(20)8-6-9-16(17)21-13-7-12-18-10-4-3-5-11-18/h6,8-9,20H,2-5,7,10-13H2,1H3. The Bertz CT molecular complexity index is 467. The van der Waals surface area contributed by atoms with Crippen LogP contribution in [-0.4, -0.2) is 42.0 Å². The minimum Gasteiger partial charge on any atom is -0.507 e. The molecule has 0 aromatic heterocycles. The Morgan fingerprint density at radius 3 is 2.76 bits per heavy atom. The molecular formula is C17H25NO3. The third-order valence-electron chi connectivity index (χ3n) is 3.93. The number of phenolic OH excluding ortho intramolecular Hbond substituents is 1. The third kappa shape index (κ3) is 4.46. The Kier molecular flexibility index (Phi) is 6.05. The van der Waals surface area contributed by atoms with Gasteiger partial charge in [0.05, 0.1) is 6.61 Å². The van der Waals surface area contributed by atoms with Crippen molar-refractivity contribution in [1.29, 1.82) is 0 Å². The van der Waals surface area contributed by atoms with Gasteiger partial charge < -0.3 is 14.7 Å². The normalized spacial score (nSPS) is 15.9. The van der Waals surface area contributed by atoms with Crippen molar-refractivity contribution in [3.8, 4) is 11.5 Å². The van der Waals surface area contributed by atoms with Gasteiger partial charge in [-0.3, -0.25) is 4.79 Å². The highest BCUT2D eigenvalue weighted by atomic mass is 16.5. The predicted octanol–water partition coefficient (Wildman–Crippen LogP) is 3.24. The summed E-state index contributed by atoms with van der Waals surface area (Å²) in [5, 5.41) is 9.84. The van der Waals surface area contributed by atoms with Crippen LogP contribution in [0, 0.1) is 0 Å². The number of Topliss-reactive ketones (excluding diaryl/α,β-unsaturated/α-hetero) is 1. The van der Waals surface area contributed by atoms with Crippen molar-refractivity contribution < 1.29 is 14.6 Å². The Balaban J connectivity index is 1.85. The lowest BCUT2D eigenvalue weighted by atomic mass is 10.1. The van der Waals surface area contributed by atoms with Gasteiger partial charge in [-0.15, -0.1) is 0 Å². The van der Waals surface area contributed by atoms with Crippen molar-refractivity contribution in [2.75, 3.05) is 26.2 Å². The summed E-state index contributed by atoms with van der Waals surface area (Å²) in [6.07, 6.45) is 5.24. The molecule has 0 spiro atoms. The maximum absolute atomic E-state index is 11.9. The first-order valence-corrected chi connectivity index (χ1v) is 7.92. The van der Waals surface area contributed by atoms with Gasteiger partial charge >= 0.3 is 0 Å². The van der Waals surface area contributed by atoms with E-state index in [1.54, 1.807) is 19.1 Å². The smallest absolute Gasteiger partial charge is 0.170 e. The van der Waals surface area contributed by atoms with Crippen LogP contribution >= 0.6 is 0 Å². The molecule has 4 nitrogen and oxygen atoms in total. The summed E-state index contributed by atoms with van der Waals surface area (Å²) in [6, 6.07) is 4.99. The molecule has 0 atom stereocenters. The number of likely N-dealkylation sites (tertiary alicyclic amines) is 1. The third-order valence-corrected chi connectivity index (χ3v) is 3.93. The van der Waals surface area contributed by atoms with Gasteiger partial charge in [0.15, 0.2) is 5.78 Å². The first-order chi connectivity index (χ1) is 10.2. The number of benzene rings is 1. The number of carbonyl (C=O) groups excluding carboxylic acids is 1. The Morgan fingerprint density at radius 1 is 1.29 bits per heavy atom. The van der Waals surface area contributed by atoms with Crippen molar-refractivity contribution in [2.45, 2.75) is 39.0 Å². The highest BCUT2D eigenvalue weighted by Crippen LogP contribution is 2.28. The van der Waals surface area contributed by atoms with Crippen molar-refractivity contribution in [3.63, 3.8) is 0 Å². The minimum atomic E-state index is -0.0841. The van der Waals surface area contributed by atoms with Crippen LogP contribution < -0.4 is 4.74 Å².